The molecule has 1 atom stereocenters. The molecule has 1 saturated heterocycles. The molecule has 1 fully saturated rings. The molecule has 1 amide bonds. The first-order valence-corrected chi connectivity index (χ1v) is 7.28. The predicted octanol–water partition coefficient (Wildman–Crippen LogP) is 3.21. The molecule has 0 radical (unpaired) electrons. The third-order valence-corrected chi connectivity index (χ3v) is 4.22. The normalized spacial score (nSPS) is 19.8. The van der Waals surface area contributed by atoms with Gasteiger partial charge in [0.15, 0.2) is 0 Å². The Morgan fingerprint density at radius 2 is 1.95 bits per heavy atom. The third-order valence-electron chi connectivity index (χ3n) is 3.59. The van der Waals surface area contributed by atoms with Gasteiger partial charge >= 0.3 is 0 Å². The van der Waals surface area contributed by atoms with E-state index < -0.39 is 0 Å². The fourth-order valence-corrected chi connectivity index (χ4v) is 2.99. The van der Waals surface area contributed by atoms with E-state index in [0.717, 1.165) is 32.4 Å². The number of carbonyl (C=O) groups is 1. The summed E-state index contributed by atoms with van der Waals surface area (Å²) in [4.78, 5) is 14.3. The van der Waals surface area contributed by atoms with Gasteiger partial charge in [0.05, 0.1) is 15.6 Å². The van der Waals surface area contributed by atoms with E-state index >= 15 is 0 Å². The van der Waals surface area contributed by atoms with Gasteiger partial charge in [0.1, 0.15) is 0 Å². The molecule has 0 aliphatic carbocycles. The van der Waals surface area contributed by atoms with Gasteiger partial charge in [-0.1, -0.05) is 29.3 Å². The van der Waals surface area contributed by atoms with Crippen molar-refractivity contribution in [3.63, 3.8) is 0 Å². The maximum Gasteiger partial charge on any atom is 0.256 e. The van der Waals surface area contributed by atoms with Crippen LogP contribution in [0.1, 0.15) is 29.6 Å². The smallest absolute Gasteiger partial charge is 0.256 e. The zero-order chi connectivity index (χ0) is 13.8. The Balaban J connectivity index is 2.18. The summed E-state index contributed by atoms with van der Waals surface area (Å²) in [6, 6.07) is 5.39. The van der Waals surface area contributed by atoms with Crippen molar-refractivity contribution >= 4 is 29.1 Å². The lowest BCUT2D eigenvalue weighted by atomic mass is 10.1. The molecule has 1 aliphatic rings. The lowest BCUT2D eigenvalue weighted by Crippen LogP contribution is -2.37. The first kappa shape index (κ1) is 14.6. The van der Waals surface area contributed by atoms with Crippen LogP contribution in [-0.4, -0.2) is 37.0 Å². The number of nitrogens with one attached hydrogen (secondary N) is 1. The van der Waals surface area contributed by atoms with Crippen molar-refractivity contribution in [2.75, 3.05) is 20.1 Å². The summed E-state index contributed by atoms with van der Waals surface area (Å²) < 4.78 is 0. The Kier molecular flexibility index (Phi) is 5.08. The number of carbonyl (C=O) groups excluding carboxylic acids is 1. The zero-order valence-electron chi connectivity index (χ0n) is 11.0. The lowest BCUT2D eigenvalue weighted by molar-refractivity contribution is 0.0721. The Morgan fingerprint density at radius 1 is 1.26 bits per heavy atom. The number of hydrogen-bond donors (Lipinski definition) is 1. The molecule has 1 aromatic rings. The molecule has 5 heteroatoms. The molecule has 104 valence electrons. The molecule has 1 heterocycles. The highest BCUT2D eigenvalue weighted by molar-refractivity contribution is 6.39. The number of amides is 1. The summed E-state index contributed by atoms with van der Waals surface area (Å²) in [5, 5.41) is 4.17. The van der Waals surface area contributed by atoms with Gasteiger partial charge in [-0.05, 0) is 44.5 Å². The summed E-state index contributed by atoms with van der Waals surface area (Å²) in [6.07, 6.45) is 3.06. The van der Waals surface area contributed by atoms with Crippen LogP contribution in [0.25, 0.3) is 0 Å². The monoisotopic (exact) mass is 300 g/mol. The molecular formula is C14H18Cl2N2O. The molecule has 1 N–H and O–H groups in total. The van der Waals surface area contributed by atoms with E-state index in [1.165, 1.54) is 0 Å². The van der Waals surface area contributed by atoms with Crippen LogP contribution in [0.5, 0.6) is 0 Å². The molecule has 1 aromatic carbocycles. The molecule has 2 rings (SSSR count). The second-order valence-corrected chi connectivity index (χ2v) is 5.66. The van der Waals surface area contributed by atoms with E-state index in [1.807, 2.05) is 7.05 Å². The summed E-state index contributed by atoms with van der Waals surface area (Å²) in [5.74, 6) is -0.0949. The Hall–Kier alpha value is -0.770. The van der Waals surface area contributed by atoms with Crippen LogP contribution >= 0.6 is 23.2 Å². The van der Waals surface area contributed by atoms with Crippen molar-refractivity contribution in [1.82, 2.24) is 10.2 Å². The van der Waals surface area contributed by atoms with Crippen LogP contribution < -0.4 is 5.32 Å². The quantitative estimate of drug-likeness (QED) is 0.909. The first-order valence-electron chi connectivity index (χ1n) is 6.53. The molecular weight excluding hydrogens is 283 g/mol. The highest BCUT2D eigenvalue weighted by atomic mass is 35.5. The number of hydrogen-bond acceptors (Lipinski definition) is 2. The highest BCUT2D eigenvalue weighted by Crippen LogP contribution is 2.27. The minimum Gasteiger partial charge on any atom is -0.339 e. The van der Waals surface area contributed by atoms with Gasteiger partial charge in [0.2, 0.25) is 0 Å². The van der Waals surface area contributed by atoms with Crippen LogP contribution in [0.15, 0.2) is 18.2 Å². The van der Waals surface area contributed by atoms with Crippen molar-refractivity contribution < 1.29 is 4.79 Å². The number of nitrogens with zero attached hydrogens (tertiary/aromatic N) is 1. The molecule has 19 heavy (non-hydrogen) atoms. The Bertz CT molecular complexity index is 437. The van der Waals surface area contributed by atoms with Gasteiger partial charge in [-0.15, -0.1) is 0 Å². The Labute approximate surface area is 123 Å². The fraction of sp³-hybridized carbons (Fsp3) is 0.500. The van der Waals surface area contributed by atoms with Crippen molar-refractivity contribution in [1.29, 1.82) is 0 Å². The first-order chi connectivity index (χ1) is 9.11. The van der Waals surface area contributed by atoms with Gasteiger partial charge in [0, 0.05) is 13.1 Å². The van der Waals surface area contributed by atoms with Crippen LogP contribution in [0.3, 0.4) is 0 Å². The summed E-state index contributed by atoms with van der Waals surface area (Å²) in [7, 11) is 1.83. The van der Waals surface area contributed by atoms with E-state index in [4.69, 9.17) is 23.2 Å². The lowest BCUT2D eigenvalue weighted by Gasteiger charge is -2.27. The molecule has 0 bridgehead atoms. The van der Waals surface area contributed by atoms with Crippen molar-refractivity contribution in [2.24, 2.45) is 0 Å². The van der Waals surface area contributed by atoms with Gasteiger partial charge in [-0.25, -0.2) is 0 Å². The number of benzene rings is 1. The largest absolute Gasteiger partial charge is 0.339 e. The molecule has 3 nitrogen and oxygen atoms in total. The van der Waals surface area contributed by atoms with E-state index in [2.05, 4.69) is 5.32 Å². The van der Waals surface area contributed by atoms with Crippen molar-refractivity contribution in [2.45, 2.75) is 25.3 Å². The minimum atomic E-state index is -0.0949. The van der Waals surface area contributed by atoms with Crippen molar-refractivity contribution in [3.05, 3.63) is 33.8 Å². The second-order valence-electron chi connectivity index (χ2n) is 4.85. The maximum atomic E-state index is 12.5. The summed E-state index contributed by atoms with van der Waals surface area (Å²) >= 11 is 12.2. The van der Waals surface area contributed by atoms with E-state index in [-0.39, 0.29) is 11.9 Å². The average molecular weight is 301 g/mol. The standard InChI is InChI=1S/C14H18Cl2N2O/c1-18(10-4-3-8-17-9-7-10)14(19)13-11(15)5-2-6-12(13)16/h2,5-6,10,17H,3-4,7-9H2,1H3. The maximum absolute atomic E-state index is 12.5. The van der Waals surface area contributed by atoms with E-state index in [9.17, 15) is 4.79 Å². The van der Waals surface area contributed by atoms with E-state index in [1.54, 1.807) is 23.1 Å². The fourth-order valence-electron chi connectivity index (χ4n) is 2.43. The minimum absolute atomic E-state index is 0.0949. The number of halogens is 2. The summed E-state index contributed by atoms with van der Waals surface area (Å²) in [5.41, 5.74) is 0.408. The van der Waals surface area contributed by atoms with Crippen LogP contribution in [0.2, 0.25) is 10.0 Å². The van der Waals surface area contributed by atoms with Gasteiger partial charge < -0.3 is 10.2 Å². The summed E-state index contributed by atoms with van der Waals surface area (Å²) in [6.45, 7) is 1.96. The molecule has 0 saturated carbocycles. The van der Waals surface area contributed by atoms with Gasteiger partial charge in [-0.2, -0.15) is 0 Å². The SMILES string of the molecule is CN(C(=O)c1c(Cl)cccc1Cl)C1CCCNCC1. The molecule has 0 spiro atoms. The van der Waals surface area contributed by atoms with Crippen molar-refractivity contribution in [3.8, 4) is 0 Å². The second kappa shape index (κ2) is 6.60. The molecule has 1 unspecified atom stereocenters. The third kappa shape index (κ3) is 3.41. The topological polar surface area (TPSA) is 32.3 Å². The Morgan fingerprint density at radius 3 is 2.63 bits per heavy atom. The van der Waals surface area contributed by atoms with Crippen LogP contribution in [-0.2, 0) is 0 Å². The molecule has 0 aromatic heterocycles. The highest BCUT2D eigenvalue weighted by Gasteiger charge is 2.25. The van der Waals surface area contributed by atoms with Gasteiger partial charge in [-0.3, -0.25) is 4.79 Å². The van der Waals surface area contributed by atoms with Crippen LogP contribution in [0, 0.1) is 0 Å². The van der Waals surface area contributed by atoms with E-state index in [0.29, 0.717) is 15.6 Å². The zero-order valence-corrected chi connectivity index (χ0v) is 12.5. The predicted molar refractivity (Wildman–Crippen MR) is 79.1 cm³/mol. The average Bonchev–Trinajstić information content (AvgIpc) is 2.66. The number of rotatable bonds is 2. The van der Waals surface area contributed by atoms with Gasteiger partial charge in [0.25, 0.3) is 5.91 Å². The van der Waals surface area contributed by atoms with Crippen LogP contribution in [0.4, 0.5) is 0 Å². The molecule has 1 aliphatic heterocycles.